The van der Waals surface area contributed by atoms with Crippen molar-refractivity contribution >= 4 is 11.6 Å². The summed E-state index contributed by atoms with van der Waals surface area (Å²) in [6.45, 7) is 5.85. The number of alkyl halides is 1. The summed E-state index contributed by atoms with van der Waals surface area (Å²) < 4.78 is 38.3. The normalized spacial score (nSPS) is 25.0. The van der Waals surface area contributed by atoms with E-state index in [9.17, 15) is 5.11 Å². The highest BCUT2D eigenvalue weighted by Gasteiger charge is 2.12. The van der Waals surface area contributed by atoms with Crippen LogP contribution >= 0.6 is 11.6 Å². The zero-order valence-corrected chi connectivity index (χ0v) is 15.5. The molecule has 2 unspecified atom stereocenters. The molecular weight excluding hydrogens is 356 g/mol. The molecule has 1 fully saturated rings. The van der Waals surface area contributed by atoms with Crippen LogP contribution in [0.15, 0.2) is 0 Å². The van der Waals surface area contributed by atoms with E-state index in [2.05, 4.69) is 0 Å². The molecule has 1 N–H and O–H groups in total. The van der Waals surface area contributed by atoms with Crippen molar-refractivity contribution in [1.29, 1.82) is 0 Å². The van der Waals surface area contributed by atoms with Crippen LogP contribution < -0.4 is 0 Å². The van der Waals surface area contributed by atoms with E-state index in [1.165, 1.54) is 0 Å². The van der Waals surface area contributed by atoms with E-state index in [0.717, 1.165) is 0 Å². The molecule has 0 aromatic heterocycles. The maximum absolute atomic E-state index is 9.40. The molecule has 0 aromatic rings. The third-order valence-corrected chi connectivity index (χ3v) is 3.52. The molecule has 0 spiro atoms. The molecule has 1 heterocycles. The number of aliphatic hydroxyl groups is 1. The lowest BCUT2D eigenvalue weighted by atomic mass is 10.4. The SMILES string of the molecule is OC(CCl)COCC1COCCOCCOCCOCCOCCO1. The smallest absolute Gasteiger partial charge is 0.104 e. The first kappa shape index (κ1) is 23.0. The summed E-state index contributed by atoms with van der Waals surface area (Å²) in [6, 6.07) is 0. The van der Waals surface area contributed by atoms with Crippen LogP contribution in [0.1, 0.15) is 0 Å². The van der Waals surface area contributed by atoms with Gasteiger partial charge < -0.3 is 38.3 Å². The predicted octanol–water partition coefficient (Wildman–Crippen LogP) is 0.0845. The highest BCUT2D eigenvalue weighted by molar-refractivity contribution is 6.18. The fourth-order valence-corrected chi connectivity index (χ4v) is 1.98. The Hall–Kier alpha value is -0.0300. The van der Waals surface area contributed by atoms with Gasteiger partial charge in [0.05, 0.1) is 97.9 Å². The molecule has 0 bridgehead atoms. The largest absolute Gasteiger partial charge is 0.389 e. The summed E-state index contributed by atoms with van der Waals surface area (Å²) in [5, 5.41) is 9.40. The molecule has 8 nitrogen and oxygen atoms in total. The Morgan fingerprint density at radius 1 is 0.800 bits per heavy atom. The second kappa shape index (κ2) is 17.4. The van der Waals surface area contributed by atoms with Gasteiger partial charge in [-0.3, -0.25) is 0 Å². The topological polar surface area (TPSA) is 84.8 Å². The average molecular weight is 387 g/mol. The van der Waals surface area contributed by atoms with Gasteiger partial charge in [-0.05, 0) is 0 Å². The van der Waals surface area contributed by atoms with E-state index >= 15 is 0 Å². The molecule has 9 heteroatoms. The van der Waals surface area contributed by atoms with Crippen LogP contribution in [-0.2, 0) is 33.2 Å². The van der Waals surface area contributed by atoms with E-state index in [0.29, 0.717) is 79.3 Å². The number of hydrogen-bond acceptors (Lipinski definition) is 8. The van der Waals surface area contributed by atoms with Gasteiger partial charge in [0.1, 0.15) is 6.10 Å². The van der Waals surface area contributed by atoms with Crippen LogP contribution in [0, 0.1) is 0 Å². The summed E-state index contributed by atoms with van der Waals surface area (Å²) in [5.41, 5.74) is 0. The number of rotatable bonds is 5. The number of ether oxygens (including phenoxy) is 7. The van der Waals surface area contributed by atoms with E-state index < -0.39 is 6.10 Å². The molecule has 1 aliphatic heterocycles. The Labute approximate surface area is 154 Å². The second-order valence-corrected chi connectivity index (χ2v) is 5.67. The van der Waals surface area contributed by atoms with Crippen LogP contribution in [0.2, 0.25) is 0 Å². The molecule has 1 saturated heterocycles. The van der Waals surface area contributed by atoms with Gasteiger partial charge in [0, 0.05) is 0 Å². The van der Waals surface area contributed by atoms with Crippen LogP contribution in [0.5, 0.6) is 0 Å². The van der Waals surface area contributed by atoms with E-state index in [1.807, 2.05) is 0 Å². The van der Waals surface area contributed by atoms with Gasteiger partial charge in [0.2, 0.25) is 0 Å². The Morgan fingerprint density at radius 2 is 1.28 bits per heavy atom. The van der Waals surface area contributed by atoms with Gasteiger partial charge >= 0.3 is 0 Å². The number of aliphatic hydroxyl groups excluding tert-OH is 1. The Bertz CT molecular complexity index is 267. The first-order valence-electron chi connectivity index (χ1n) is 8.65. The van der Waals surface area contributed by atoms with Crippen molar-refractivity contribution in [2.45, 2.75) is 12.2 Å². The van der Waals surface area contributed by atoms with Crippen molar-refractivity contribution in [2.75, 3.05) is 91.8 Å². The molecule has 0 aliphatic carbocycles. The van der Waals surface area contributed by atoms with E-state index in [4.69, 9.17) is 44.8 Å². The van der Waals surface area contributed by atoms with Crippen LogP contribution in [0.4, 0.5) is 0 Å². The van der Waals surface area contributed by atoms with Crippen LogP contribution in [0.3, 0.4) is 0 Å². The van der Waals surface area contributed by atoms with Crippen molar-refractivity contribution in [3.63, 3.8) is 0 Å². The fraction of sp³-hybridized carbons (Fsp3) is 1.00. The lowest BCUT2D eigenvalue weighted by Gasteiger charge is -2.19. The molecule has 1 aliphatic rings. The van der Waals surface area contributed by atoms with Crippen LogP contribution in [-0.4, -0.2) is 109 Å². The van der Waals surface area contributed by atoms with Crippen LogP contribution in [0.25, 0.3) is 0 Å². The molecule has 0 amide bonds. The monoisotopic (exact) mass is 386 g/mol. The van der Waals surface area contributed by atoms with Gasteiger partial charge in [0.25, 0.3) is 0 Å². The first-order valence-corrected chi connectivity index (χ1v) is 9.18. The molecule has 25 heavy (non-hydrogen) atoms. The maximum Gasteiger partial charge on any atom is 0.104 e. The Kier molecular flexibility index (Phi) is 16.0. The molecule has 1 rings (SSSR count). The summed E-state index contributed by atoms with van der Waals surface area (Å²) in [4.78, 5) is 0. The average Bonchev–Trinajstić information content (AvgIpc) is 2.62. The third-order valence-electron chi connectivity index (χ3n) is 3.17. The van der Waals surface area contributed by atoms with Crippen molar-refractivity contribution in [2.24, 2.45) is 0 Å². The minimum atomic E-state index is -0.680. The molecular formula is C16H31ClO8. The lowest BCUT2D eigenvalue weighted by molar-refractivity contribution is -0.0902. The maximum atomic E-state index is 9.40. The minimum absolute atomic E-state index is 0.138. The highest BCUT2D eigenvalue weighted by Crippen LogP contribution is 1.99. The molecule has 0 radical (unpaired) electrons. The van der Waals surface area contributed by atoms with E-state index in [1.54, 1.807) is 0 Å². The van der Waals surface area contributed by atoms with Gasteiger partial charge in [0.15, 0.2) is 0 Å². The Morgan fingerprint density at radius 3 is 1.80 bits per heavy atom. The standard InChI is InChI=1S/C16H31ClO8/c17-11-15(18)12-24-14-16-13-23-8-7-21-4-3-19-1-2-20-5-6-22-9-10-25-16/h15-16,18H,1-14H2. The summed E-state index contributed by atoms with van der Waals surface area (Å²) in [5.74, 6) is 0.138. The molecule has 0 aromatic carbocycles. The zero-order chi connectivity index (χ0) is 18.0. The first-order chi connectivity index (χ1) is 12.3. The predicted molar refractivity (Wildman–Crippen MR) is 91.4 cm³/mol. The van der Waals surface area contributed by atoms with Gasteiger partial charge in [-0.2, -0.15) is 0 Å². The number of hydrogen-bond donors (Lipinski definition) is 1. The van der Waals surface area contributed by atoms with E-state index in [-0.39, 0.29) is 18.6 Å². The highest BCUT2D eigenvalue weighted by atomic mass is 35.5. The molecule has 2 atom stereocenters. The number of halogens is 1. The quantitative estimate of drug-likeness (QED) is 0.665. The fourth-order valence-electron chi connectivity index (χ4n) is 1.89. The van der Waals surface area contributed by atoms with Gasteiger partial charge in [-0.15, -0.1) is 11.6 Å². The Balaban J connectivity index is 2.24. The molecule has 150 valence electrons. The second-order valence-electron chi connectivity index (χ2n) is 5.36. The van der Waals surface area contributed by atoms with Crippen molar-refractivity contribution in [3.05, 3.63) is 0 Å². The molecule has 0 saturated carbocycles. The van der Waals surface area contributed by atoms with Crippen molar-refractivity contribution in [3.8, 4) is 0 Å². The zero-order valence-electron chi connectivity index (χ0n) is 14.7. The van der Waals surface area contributed by atoms with Crippen molar-refractivity contribution < 1.29 is 38.3 Å². The van der Waals surface area contributed by atoms with Gasteiger partial charge in [-0.25, -0.2) is 0 Å². The van der Waals surface area contributed by atoms with Gasteiger partial charge in [-0.1, -0.05) is 0 Å². The summed E-state index contributed by atoms with van der Waals surface area (Å²) in [7, 11) is 0. The third kappa shape index (κ3) is 14.8. The summed E-state index contributed by atoms with van der Waals surface area (Å²) in [6.07, 6.45) is -0.926. The minimum Gasteiger partial charge on any atom is -0.389 e. The van der Waals surface area contributed by atoms with Crippen molar-refractivity contribution in [1.82, 2.24) is 0 Å². The lowest BCUT2D eigenvalue weighted by Crippen LogP contribution is -2.30. The summed E-state index contributed by atoms with van der Waals surface area (Å²) >= 11 is 5.53.